The lowest BCUT2D eigenvalue weighted by atomic mass is 10.2. The zero-order chi connectivity index (χ0) is 15.7. The highest BCUT2D eigenvalue weighted by Gasteiger charge is 2.20. The number of amides is 1. The van der Waals surface area contributed by atoms with Crippen molar-refractivity contribution in [2.24, 2.45) is 0 Å². The fraction of sp³-hybridized carbons (Fsp3) is 0.429. The number of rotatable bonds is 9. The van der Waals surface area contributed by atoms with E-state index in [9.17, 15) is 9.59 Å². The molecule has 1 aromatic carbocycles. The van der Waals surface area contributed by atoms with Gasteiger partial charge < -0.3 is 21.1 Å². The maximum Gasteiger partial charge on any atom is 0.321 e. The van der Waals surface area contributed by atoms with Crippen LogP contribution in [0.25, 0.3) is 0 Å². The number of carbonyl (C=O) groups excluding carboxylic acids is 1. The minimum Gasteiger partial charge on any atom is -0.480 e. The molecule has 0 unspecified atom stereocenters. The second-order valence-corrected chi connectivity index (χ2v) is 4.94. The second kappa shape index (κ2) is 9.33. The summed E-state index contributed by atoms with van der Waals surface area (Å²) in [7, 11) is 1.83. The van der Waals surface area contributed by atoms with Crippen LogP contribution in [0, 0.1) is 0 Å². The molecule has 1 aromatic rings. The minimum atomic E-state index is -1.05. The first-order chi connectivity index (χ1) is 10.0. The number of nitrogens with one attached hydrogen (secondary N) is 3. The van der Waals surface area contributed by atoms with Gasteiger partial charge in [0.15, 0.2) is 0 Å². The molecule has 4 N–H and O–H groups in total. The van der Waals surface area contributed by atoms with Crippen LogP contribution >= 0.6 is 11.6 Å². The molecule has 0 aliphatic carbocycles. The third kappa shape index (κ3) is 6.57. The van der Waals surface area contributed by atoms with E-state index in [0.717, 1.165) is 13.0 Å². The molecular formula is C14H20ClN3O3. The van der Waals surface area contributed by atoms with Crippen molar-refractivity contribution >= 4 is 29.2 Å². The first-order valence-electron chi connectivity index (χ1n) is 6.69. The first kappa shape index (κ1) is 17.4. The highest BCUT2D eigenvalue weighted by Crippen LogP contribution is 2.20. The Morgan fingerprint density at radius 3 is 2.62 bits per heavy atom. The van der Waals surface area contributed by atoms with Gasteiger partial charge in [-0.25, -0.2) is 0 Å². The summed E-state index contributed by atoms with van der Waals surface area (Å²) in [5.41, 5.74) is 0.475. The van der Waals surface area contributed by atoms with Gasteiger partial charge in [0.05, 0.1) is 17.1 Å². The zero-order valence-electron chi connectivity index (χ0n) is 11.9. The van der Waals surface area contributed by atoms with E-state index in [2.05, 4.69) is 16.0 Å². The predicted octanol–water partition coefficient (Wildman–Crippen LogP) is 1.32. The summed E-state index contributed by atoms with van der Waals surface area (Å²) in [5, 5.41) is 18.0. The highest BCUT2D eigenvalue weighted by molar-refractivity contribution is 6.33. The summed E-state index contributed by atoms with van der Waals surface area (Å²) in [6.45, 7) is 1.31. The average molecular weight is 314 g/mol. The Morgan fingerprint density at radius 1 is 1.29 bits per heavy atom. The van der Waals surface area contributed by atoms with Gasteiger partial charge in [0.25, 0.3) is 0 Å². The molecule has 0 heterocycles. The van der Waals surface area contributed by atoms with Crippen LogP contribution in [-0.2, 0) is 9.59 Å². The van der Waals surface area contributed by atoms with E-state index in [1.165, 1.54) is 0 Å². The third-order valence-electron chi connectivity index (χ3n) is 2.83. The number of hydrogen-bond donors (Lipinski definition) is 4. The molecule has 0 spiro atoms. The molecule has 116 valence electrons. The lowest BCUT2D eigenvalue weighted by Crippen LogP contribution is -2.40. The van der Waals surface area contributed by atoms with Gasteiger partial charge in [0.2, 0.25) is 5.91 Å². The molecule has 6 nitrogen and oxygen atoms in total. The normalized spacial score (nSPS) is 11.9. The van der Waals surface area contributed by atoms with Gasteiger partial charge in [-0.1, -0.05) is 23.7 Å². The Morgan fingerprint density at radius 2 is 2.00 bits per heavy atom. The van der Waals surface area contributed by atoms with E-state index in [1.807, 2.05) is 7.05 Å². The van der Waals surface area contributed by atoms with Crippen LogP contribution < -0.4 is 16.0 Å². The Labute approximate surface area is 128 Å². The van der Waals surface area contributed by atoms with Crippen LogP contribution in [0.2, 0.25) is 5.02 Å². The number of anilines is 1. The molecule has 1 rings (SSSR count). The van der Waals surface area contributed by atoms with Crippen LogP contribution in [-0.4, -0.2) is 43.2 Å². The van der Waals surface area contributed by atoms with Gasteiger partial charge in [-0.05, 0) is 38.7 Å². The Balaban J connectivity index is 2.49. The number of halogens is 1. The molecule has 0 saturated carbocycles. The van der Waals surface area contributed by atoms with Crippen LogP contribution in [0.3, 0.4) is 0 Å². The summed E-state index contributed by atoms with van der Waals surface area (Å²) in [5.74, 6) is -1.44. The number of aliphatic carboxylic acids is 1. The molecule has 1 atom stereocenters. The molecule has 0 radical (unpaired) electrons. The van der Waals surface area contributed by atoms with E-state index in [1.54, 1.807) is 24.3 Å². The van der Waals surface area contributed by atoms with Crippen molar-refractivity contribution in [2.45, 2.75) is 18.9 Å². The van der Waals surface area contributed by atoms with E-state index in [4.69, 9.17) is 16.7 Å². The van der Waals surface area contributed by atoms with Gasteiger partial charge in [0, 0.05) is 0 Å². The van der Waals surface area contributed by atoms with Crippen molar-refractivity contribution in [1.82, 2.24) is 10.6 Å². The van der Waals surface area contributed by atoms with Gasteiger partial charge in [-0.15, -0.1) is 0 Å². The zero-order valence-corrected chi connectivity index (χ0v) is 12.6. The highest BCUT2D eigenvalue weighted by atomic mass is 35.5. The number of benzene rings is 1. The lowest BCUT2D eigenvalue weighted by Gasteiger charge is -2.14. The first-order valence-corrected chi connectivity index (χ1v) is 7.07. The Kier molecular flexibility index (Phi) is 7.74. The fourth-order valence-corrected chi connectivity index (χ4v) is 1.92. The van der Waals surface area contributed by atoms with Crippen LogP contribution in [0.1, 0.15) is 12.8 Å². The van der Waals surface area contributed by atoms with Crippen LogP contribution in [0.5, 0.6) is 0 Å². The number of para-hydroxylation sites is 1. The number of carboxylic acid groups (broad SMARTS) is 1. The molecule has 0 saturated heterocycles. The van der Waals surface area contributed by atoms with Gasteiger partial charge in [0.1, 0.15) is 6.04 Å². The Hall–Kier alpha value is -1.63. The standard InChI is InChI=1S/C14H20ClN3O3/c1-16-7-4-8-17-12(14(20)21)9-13(19)18-11-6-3-2-5-10(11)15/h2-3,5-6,12,16-17H,4,7-9H2,1H3,(H,18,19)(H,20,21)/t12-/m0/s1. The smallest absolute Gasteiger partial charge is 0.321 e. The molecule has 0 fully saturated rings. The van der Waals surface area contributed by atoms with Crippen molar-refractivity contribution in [1.29, 1.82) is 0 Å². The van der Waals surface area contributed by atoms with Gasteiger partial charge in [-0.2, -0.15) is 0 Å². The van der Waals surface area contributed by atoms with E-state index in [0.29, 0.717) is 17.3 Å². The molecule has 1 amide bonds. The molecule has 0 aliphatic rings. The third-order valence-corrected chi connectivity index (χ3v) is 3.16. The van der Waals surface area contributed by atoms with Crippen molar-refractivity contribution < 1.29 is 14.7 Å². The summed E-state index contributed by atoms with van der Waals surface area (Å²) in [4.78, 5) is 23.0. The minimum absolute atomic E-state index is 0.153. The molecule has 0 aromatic heterocycles. The van der Waals surface area contributed by atoms with E-state index >= 15 is 0 Å². The van der Waals surface area contributed by atoms with Crippen LogP contribution in [0.15, 0.2) is 24.3 Å². The number of hydrogen-bond acceptors (Lipinski definition) is 4. The topological polar surface area (TPSA) is 90.5 Å². The summed E-state index contributed by atoms with van der Waals surface area (Å²) in [6.07, 6.45) is 0.631. The largest absolute Gasteiger partial charge is 0.480 e. The SMILES string of the molecule is CNCCCN[C@@H](CC(=O)Nc1ccccc1Cl)C(=O)O. The van der Waals surface area contributed by atoms with E-state index in [-0.39, 0.29) is 6.42 Å². The predicted molar refractivity (Wildman–Crippen MR) is 82.7 cm³/mol. The number of carbonyl (C=O) groups is 2. The maximum absolute atomic E-state index is 11.9. The molecule has 0 aliphatic heterocycles. The molecule has 21 heavy (non-hydrogen) atoms. The van der Waals surface area contributed by atoms with Crippen molar-refractivity contribution in [3.05, 3.63) is 29.3 Å². The van der Waals surface area contributed by atoms with Crippen molar-refractivity contribution in [3.63, 3.8) is 0 Å². The van der Waals surface area contributed by atoms with E-state index < -0.39 is 17.9 Å². The van der Waals surface area contributed by atoms with Gasteiger partial charge in [-0.3, -0.25) is 9.59 Å². The monoisotopic (exact) mass is 313 g/mol. The van der Waals surface area contributed by atoms with Crippen LogP contribution in [0.4, 0.5) is 5.69 Å². The quantitative estimate of drug-likeness (QED) is 0.516. The van der Waals surface area contributed by atoms with Crippen molar-refractivity contribution in [3.8, 4) is 0 Å². The molecule has 7 heteroatoms. The fourth-order valence-electron chi connectivity index (χ4n) is 1.74. The number of carboxylic acids is 1. The molecule has 0 bridgehead atoms. The maximum atomic E-state index is 11.9. The van der Waals surface area contributed by atoms with Crippen molar-refractivity contribution in [2.75, 3.05) is 25.5 Å². The van der Waals surface area contributed by atoms with Gasteiger partial charge >= 0.3 is 5.97 Å². The molecular weight excluding hydrogens is 294 g/mol. The summed E-state index contributed by atoms with van der Waals surface area (Å²) in [6, 6.07) is 5.90. The second-order valence-electron chi connectivity index (χ2n) is 4.53. The Bertz CT molecular complexity index is 482. The average Bonchev–Trinajstić information content (AvgIpc) is 2.44. The lowest BCUT2D eigenvalue weighted by molar-refractivity contribution is -0.141. The summed E-state index contributed by atoms with van der Waals surface area (Å²) >= 11 is 5.93. The summed E-state index contributed by atoms with van der Waals surface area (Å²) < 4.78 is 0.